The summed E-state index contributed by atoms with van der Waals surface area (Å²) in [4.78, 5) is 8.97. The SMILES string of the molecule is CC(CNC1=NCCN1C)N(C)Cc1ccccc1. The van der Waals surface area contributed by atoms with Gasteiger partial charge in [0.15, 0.2) is 5.96 Å². The van der Waals surface area contributed by atoms with E-state index >= 15 is 0 Å². The molecule has 0 amide bonds. The Morgan fingerprint density at radius 3 is 2.74 bits per heavy atom. The van der Waals surface area contributed by atoms with Crippen molar-refractivity contribution in [3.05, 3.63) is 35.9 Å². The van der Waals surface area contributed by atoms with Crippen molar-refractivity contribution in [2.24, 2.45) is 4.99 Å². The Morgan fingerprint density at radius 2 is 2.11 bits per heavy atom. The molecule has 0 saturated carbocycles. The van der Waals surface area contributed by atoms with Gasteiger partial charge < -0.3 is 10.2 Å². The van der Waals surface area contributed by atoms with Crippen LogP contribution in [0, 0.1) is 0 Å². The second-order valence-electron chi connectivity index (χ2n) is 5.26. The monoisotopic (exact) mass is 260 g/mol. The standard InChI is InChI=1S/C15H24N4/c1-13(11-17-15-16-9-10-18(15)2)19(3)12-14-7-5-4-6-8-14/h4-8,13H,9-12H2,1-3H3,(H,16,17). The minimum atomic E-state index is 0.469. The van der Waals surface area contributed by atoms with Crippen LogP contribution in [0.4, 0.5) is 0 Å². The van der Waals surface area contributed by atoms with Crippen LogP contribution >= 0.6 is 0 Å². The molecule has 1 N–H and O–H groups in total. The van der Waals surface area contributed by atoms with E-state index < -0.39 is 0 Å². The van der Waals surface area contributed by atoms with Gasteiger partial charge in [-0.05, 0) is 19.5 Å². The van der Waals surface area contributed by atoms with Crippen molar-refractivity contribution in [2.45, 2.75) is 19.5 Å². The number of nitrogens with zero attached hydrogens (tertiary/aromatic N) is 3. The van der Waals surface area contributed by atoms with Gasteiger partial charge in [-0.3, -0.25) is 9.89 Å². The lowest BCUT2D eigenvalue weighted by Crippen LogP contribution is -2.43. The molecule has 1 aromatic carbocycles. The number of hydrogen-bond acceptors (Lipinski definition) is 4. The van der Waals surface area contributed by atoms with Crippen molar-refractivity contribution >= 4 is 5.96 Å². The predicted molar refractivity (Wildman–Crippen MR) is 80.3 cm³/mol. The van der Waals surface area contributed by atoms with Crippen LogP contribution in [0.15, 0.2) is 35.3 Å². The number of benzene rings is 1. The normalized spacial score (nSPS) is 16.6. The lowest BCUT2D eigenvalue weighted by molar-refractivity contribution is 0.248. The second-order valence-corrected chi connectivity index (χ2v) is 5.26. The zero-order valence-corrected chi connectivity index (χ0v) is 12.1. The van der Waals surface area contributed by atoms with Crippen LogP contribution in [0.2, 0.25) is 0 Å². The van der Waals surface area contributed by atoms with Gasteiger partial charge in [0.2, 0.25) is 0 Å². The third-order valence-corrected chi connectivity index (χ3v) is 3.64. The first kappa shape index (κ1) is 13.9. The van der Waals surface area contributed by atoms with Crippen LogP contribution in [0.25, 0.3) is 0 Å². The van der Waals surface area contributed by atoms with Crippen LogP contribution in [-0.2, 0) is 6.54 Å². The number of rotatable bonds is 5. The fourth-order valence-corrected chi connectivity index (χ4v) is 2.15. The first-order valence-corrected chi connectivity index (χ1v) is 6.90. The van der Waals surface area contributed by atoms with Gasteiger partial charge in [0.1, 0.15) is 0 Å². The molecular weight excluding hydrogens is 236 g/mol. The van der Waals surface area contributed by atoms with Gasteiger partial charge >= 0.3 is 0 Å². The largest absolute Gasteiger partial charge is 0.355 e. The minimum Gasteiger partial charge on any atom is -0.355 e. The summed E-state index contributed by atoms with van der Waals surface area (Å²) in [5.41, 5.74) is 1.35. The van der Waals surface area contributed by atoms with Crippen molar-refractivity contribution in [3.8, 4) is 0 Å². The fourth-order valence-electron chi connectivity index (χ4n) is 2.15. The molecule has 0 radical (unpaired) electrons. The summed E-state index contributed by atoms with van der Waals surface area (Å²) in [6, 6.07) is 11.1. The van der Waals surface area contributed by atoms with E-state index in [2.05, 4.69) is 71.5 Å². The summed E-state index contributed by atoms with van der Waals surface area (Å²) in [7, 11) is 4.25. The molecule has 19 heavy (non-hydrogen) atoms. The van der Waals surface area contributed by atoms with Crippen molar-refractivity contribution in [1.82, 2.24) is 15.1 Å². The molecule has 2 rings (SSSR count). The molecule has 1 atom stereocenters. The summed E-state index contributed by atoms with van der Waals surface area (Å²) < 4.78 is 0. The Labute approximate surface area is 116 Å². The maximum atomic E-state index is 4.44. The molecule has 1 aliphatic heterocycles. The summed E-state index contributed by atoms with van der Waals surface area (Å²) in [6.07, 6.45) is 0. The van der Waals surface area contributed by atoms with Gasteiger partial charge in [0.05, 0.1) is 6.54 Å². The molecular formula is C15H24N4. The van der Waals surface area contributed by atoms with Gasteiger partial charge in [0, 0.05) is 32.7 Å². The van der Waals surface area contributed by atoms with E-state index in [9.17, 15) is 0 Å². The summed E-state index contributed by atoms with van der Waals surface area (Å²) >= 11 is 0. The molecule has 0 aromatic heterocycles. The maximum Gasteiger partial charge on any atom is 0.193 e. The average Bonchev–Trinajstić information content (AvgIpc) is 2.82. The van der Waals surface area contributed by atoms with Gasteiger partial charge in [-0.1, -0.05) is 30.3 Å². The predicted octanol–water partition coefficient (Wildman–Crippen LogP) is 1.40. The quantitative estimate of drug-likeness (QED) is 0.868. The zero-order valence-electron chi connectivity index (χ0n) is 12.1. The highest BCUT2D eigenvalue weighted by atomic mass is 15.3. The highest BCUT2D eigenvalue weighted by Crippen LogP contribution is 2.05. The Balaban J connectivity index is 1.78. The van der Waals surface area contributed by atoms with Gasteiger partial charge in [-0.2, -0.15) is 0 Å². The second kappa shape index (κ2) is 6.57. The Morgan fingerprint density at radius 1 is 1.37 bits per heavy atom. The number of likely N-dealkylation sites (N-methyl/N-ethyl adjacent to an activating group) is 2. The van der Waals surface area contributed by atoms with E-state index in [1.165, 1.54) is 5.56 Å². The molecule has 4 heteroatoms. The zero-order chi connectivity index (χ0) is 13.7. The van der Waals surface area contributed by atoms with E-state index in [-0.39, 0.29) is 0 Å². The van der Waals surface area contributed by atoms with Crippen LogP contribution in [0.5, 0.6) is 0 Å². The lowest BCUT2D eigenvalue weighted by Gasteiger charge is -2.26. The van der Waals surface area contributed by atoms with E-state index in [1.807, 2.05) is 0 Å². The van der Waals surface area contributed by atoms with Crippen LogP contribution < -0.4 is 5.32 Å². The lowest BCUT2D eigenvalue weighted by atomic mass is 10.2. The van der Waals surface area contributed by atoms with Crippen LogP contribution in [0.3, 0.4) is 0 Å². The van der Waals surface area contributed by atoms with Crippen LogP contribution in [-0.4, -0.2) is 55.5 Å². The summed E-state index contributed by atoms with van der Waals surface area (Å²) in [5, 5.41) is 3.43. The molecule has 0 aliphatic carbocycles. The van der Waals surface area contributed by atoms with Crippen molar-refractivity contribution in [3.63, 3.8) is 0 Å². The molecule has 0 spiro atoms. The van der Waals surface area contributed by atoms with Crippen molar-refractivity contribution < 1.29 is 0 Å². The van der Waals surface area contributed by atoms with Crippen molar-refractivity contribution in [2.75, 3.05) is 33.7 Å². The van der Waals surface area contributed by atoms with Gasteiger partial charge in [-0.15, -0.1) is 0 Å². The minimum absolute atomic E-state index is 0.469. The molecule has 0 saturated heterocycles. The van der Waals surface area contributed by atoms with E-state index in [4.69, 9.17) is 0 Å². The average molecular weight is 260 g/mol. The van der Waals surface area contributed by atoms with Crippen LogP contribution in [0.1, 0.15) is 12.5 Å². The van der Waals surface area contributed by atoms with Gasteiger partial charge in [-0.25, -0.2) is 0 Å². The molecule has 1 aliphatic rings. The molecule has 0 fully saturated rings. The van der Waals surface area contributed by atoms with Crippen molar-refractivity contribution in [1.29, 1.82) is 0 Å². The first-order valence-electron chi connectivity index (χ1n) is 6.90. The number of hydrogen-bond donors (Lipinski definition) is 1. The van der Waals surface area contributed by atoms with E-state index in [1.54, 1.807) is 0 Å². The topological polar surface area (TPSA) is 30.9 Å². The maximum absolute atomic E-state index is 4.44. The third-order valence-electron chi connectivity index (χ3n) is 3.64. The van der Waals surface area contributed by atoms with E-state index in [0.29, 0.717) is 6.04 Å². The number of nitrogens with one attached hydrogen (secondary N) is 1. The smallest absolute Gasteiger partial charge is 0.193 e. The molecule has 104 valence electrons. The highest BCUT2D eigenvalue weighted by Gasteiger charge is 2.14. The summed E-state index contributed by atoms with van der Waals surface area (Å²) in [5.74, 6) is 1.03. The molecule has 1 aromatic rings. The molecule has 0 bridgehead atoms. The molecule has 1 unspecified atom stereocenters. The fraction of sp³-hybridized carbons (Fsp3) is 0.533. The first-order chi connectivity index (χ1) is 9.16. The number of aliphatic imine (C=N–C) groups is 1. The number of guanidine groups is 1. The molecule has 1 heterocycles. The Hall–Kier alpha value is -1.55. The summed E-state index contributed by atoms with van der Waals surface area (Å²) in [6.45, 7) is 6.08. The third kappa shape index (κ3) is 3.96. The molecule has 4 nitrogen and oxygen atoms in total. The van der Waals surface area contributed by atoms with E-state index in [0.717, 1.165) is 32.1 Å². The van der Waals surface area contributed by atoms with Gasteiger partial charge in [0.25, 0.3) is 0 Å². The Bertz CT molecular complexity index is 415. The Kier molecular flexibility index (Phi) is 4.80. The highest BCUT2D eigenvalue weighted by molar-refractivity contribution is 5.81.